The third-order valence-electron chi connectivity index (χ3n) is 2.52. The molecule has 0 fully saturated rings. The Balaban J connectivity index is 1.82. The zero-order valence-corrected chi connectivity index (χ0v) is 11.8. The summed E-state index contributed by atoms with van der Waals surface area (Å²) < 4.78 is 0. The molecule has 2 aromatic rings. The van der Waals surface area contributed by atoms with Gasteiger partial charge in [-0.25, -0.2) is 0 Å². The van der Waals surface area contributed by atoms with Gasteiger partial charge >= 0.3 is 0 Å². The molecular weight excluding hydrogens is 260 g/mol. The molecule has 0 unspecified atom stereocenters. The van der Waals surface area contributed by atoms with E-state index in [-0.39, 0.29) is 12.5 Å². The summed E-state index contributed by atoms with van der Waals surface area (Å²) in [5.74, 6) is -0.126. The van der Waals surface area contributed by atoms with Crippen LogP contribution in [-0.4, -0.2) is 22.6 Å². The average Bonchev–Trinajstić information content (AvgIpc) is 2.86. The highest BCUT2D eigenvalue weighted by Gasteiger charge is 2.06. The van der Waals surface area contributed by atoms with Crippen LogP contribution in [-0.2, 0) is 11.2 Å². The molecule has 19 heavy (non-hydrogen) atoms. The predicted octanol–water partition coefficient (Wildman–Crippen LogP) is 2.46. The van der Waals surface area contributed by atoms with E-state index in [0.717, 1.165) is 17.1 Å². The SMILES string of the molecule is CCc1nnc(NC(=O)CNc2ccc(C)cc2)s1. The van der Waals surface area contributed by atoms with Crippen LogP contribution in [0.4, 0.5) is 10.8 Å². The van der Waals surface area contributed by atoms with Gasteiger partial charge in [0, 0.05) is 5.69 Å². The van der Waals surface area contributed by atoms with Gasteiger partial charge in [0.1, 0.15) is 5.01 Å². The quantitative estimate of drug-likeness (QED) is 0.880. The monoisotopic (exact) mass is 276 g/mol. The topological polar surface area (TPSA) is 66.9 Å². The number of benzene rings is 1. The van der Waals surface area contributed by atoms with E-state index in [2.05, 4.69) is 20.8 Å². The molecule has 1 aromatic carbocycles. The highest BCUT2D eigenvalue weighted by Crippen LogP contribution is 2.15. The summed E-state index contributed by atoms with van der Waals surface area (Å²) in [7, 11) is 0. The number of nitrogens with zero attached hydrogens (tertiary/aromatic N) is 2. The maximum Gasteiger partial charge on any atom is 0.245 e. The summed E-state index contributed by atoms with van der Waals surface area (Å²) in [5.41, 5.74) is 2.11. The molecule has 0 spiro atoms. The van der Waals surface area contributed by atoms with Crippen molar-refractivity contribution >= 4 is 28.1 Å². The Kier molecular flexibility index (Phi) is 4.46. The number of hydrogen-bond acceptors (Lipinski definition) is 5. The molecule has 0 saturated carbocycles. The molecule has 1 amide bonds. The number of aryl methyl sites for hydroxylation is 2. The summed E-state index contributed by atoms with van der Waals surface area (Å²) in [6.07, 6.45) is 0.829. The second-order valence-electron chi connectivity index (χ2n) is 4.12. The molecule has 0 atom stereocenters. The minimum absolute atomic E-state index is 0.126. The summed E-state index contributed by atoms with van der Waals surface area (Å²) in [6, 6.07) is 7.89. The number of anilines is 2. The fourth-order valence-corrected chi connectivity index (χ4v) is 2.16. The van der Waals surface area contributed by atoms with Gasteiger partial charge in [0.25, 0.3) is 0 Å². The van der Waals surface area contributed by atoms with Gasteiger partial charge in [0.15, 0.2) is 0 Å². The van der Waals surface area contributed by atoms with Crippen LogP contribution in [0.2, 0.25) is 0 Å². The normalized spacial score (nSPS) is 10.2. The molecular formula is C13H16N4OS. The lowest BCUT2D eigenvalue weighted by atomic mass is 10.2. The van der Waals surface area contributed by atoms with Crippen molar-refractivity contribution in [3.63, 3.8) is 0 Å². The minimum atomic E-state index is -0.126. The first-order chi connectivity index (χ1) is 9.17. The Labute approximate surface area is 116 Å². The Morgan fingerprint density at radius 3 is 2.63 bits per heavy atom. The number of rotatable bonds is 5. The molecule has 1 heterocycles. The summed E-state index contributed by atoms with van der Waals surface area (Å²) in [5, 5.41) is 15.1. The van der Waals surface area contributed by atoms with Gasteiger partial charge in [-0.15, -0.1) is 10.2 Å². The molecule has 0 saturated heterocycles. The maximum atomic E-state index is 11.7. The molecule has 0 bridgehead atoms. The second-order valence-corrected chi connectivity index (χ2v) is 5.18. The molecule has 0 aliphatic carbocycles. The van der Waals surface area contributed by atoms with Gasteiger partial charge in [-0.05, 0) is 25.5 Å². The van der Waals surface area contributed by atoms with Gasteiger partial charge in [0.05, 0.1) is 6.54 Å². The minimum Gasteiger partial charge on any atom is -0.376 e. The lowest BCUT2D eigenvalue weighted by Gasteiger charge is -2.05. The highest BCUT2D eigenvalue weighted by molar-refractivity contribution is 7.15. The van der Waals surface area contributed by atoms with E-state index in [4.69, 9.17) is 0 Å². The molecule has 6 heteroatoms. The van der Waals surface area contributed by atoms with Crippen LogP contribution < -0.4 is 10.6 Å². The number of carbonyl (C=O) groups is 1. The Morgan fingerprint density at radius 1 is 1.26 bits per heavy atom. The third kappa shape index (κ3) is 4.03. The second kappa shape index (κ2) is 6.29. The van der Waals surface area contributed by atoms with Crippen LogP contribution in [0.15, 0.2) is 24.3 Å². The van der Waals surface area contributed by atoms with Crippen molar-refractivity contribution in [1.29, 1.82) is 0 Å². The van der Waals surface area contributed by atoms with Crippen molar-refractivity contribution < 1.29 is 4.79 Å². The molecule has 0 aliphatic rings. The van der Waals surface area contributed by atoms with E-state index in [1.807, 2.05) is 38.1 Å². The Hall–Kier alpha value is -1.95. The zero-order chi connectivity index (χ0) is 13.7. The smallest absolute Gasteiger partial charge is 0.245 e. The van der Waals surface area contributed by atoms with Crippen LogP contribution in [0, 0.1) is 6.92 Å². The molecule has 1 aromatic heterocycles. The molecule has 0 aliphatic heterocycles. The molecule has 100 valence electrons. The summed E-state index contributed by atoms with van der Waals surface area (Å²) >= 11 is 1.40. The predicted molar refractivity (Wildman–Crippen MR) is 77.6 cm³/mol. The van der Waals surface area contributed by atoms with Crippen molar-refractivity contribution in [2.24, 2.45) is 0 Å². The van der Waals surface area contributed by atoms with Crippen LogP contribution >= 0.6 is 11.3 Å². The van der Waals surface area contributed by atoms with E-state index in [1.54, 1.807) is 0 Å². The van der Waals surface area contributed by atoms with E-state index in [1.165, 1.54) is 16.9 Å². The number of carbonyl (C=O) groups excluding carboxylic acids is 1. The Bertz CT molecular complexity index is 550. The third-order valence-corrected chi connectivity index (χ3v) is 3.50. The van der Waals surface area contributed by atoms with Gasteiger partial charge in [-0.2, -0.15) is 0 Å². The van der Waals surface area contributed by atoms with Crippen molar-refractivity contribution in [1.82, 2.24) is 10.2 Å². The number of nitrogens with one attached hydrogen (secondary N) is 2. The van der Waals surface area contributed by atoms with E-state index in [0.29, 0.717) is 5.13 Å². The lowest BCUT2D eigenvalue weighted by Crippen LogP contribution is -2.21. The lowest BCUT2D eigenvalue weighted by molar-refractivity contribution is -0.114. The maximum absolute atomic E-state index is 11.7. The van der Waals surface area contributed by atoms with Crippen molar-refractivity contribution in [3.05, 3.63) is 34.8 Å². The van der Waals surface area contributed by atoms with Gasteiger partial charge in [0.2, 0.25) is 11.0 Å². The fraction of sp³-hybridized carbons (Fsp3) is 0.308. The first kappa shape index (κ1) is 13.5. The zero-order valence-electron chi connectivity index (χ0n) is 10.9. The van der Waals surface area contributed by atoms with Crippen molar-refractivity contribution in [2.45, 2.75) is 20.3 Å². The van der Waals surface area contributed by atoms with Crippen molar-refractivity contribution in [2.75, 3.05) is 17.2 Å². The summed E-state index contributed by atoms with van der Waals surface area (Å²) in [6.45, 7) is 4.24. The summed E-state index contributed by atoms with van der Waals surface area (Å²) in [4.78, 5) is 11.7. The van der Waals surface area contributed by atoms with Gasteiger partial charge in [-0.3, -0.25) is 10.1 Å². The molecule has 5 nitrogen and oxygen atoms in total. The fourth-order valence-electron chi connectivity index (χ4n) is 1.46. The van der Waals surface area contributed by atoms with Crippen LogP contribution in [0.1, 0.15) is 17.5 Å². The van der Waals surface area contributed by atoms with Crippen LogP contribution in [0.5, 0.6) is 0 Å². The average molecular weight is 276 g/mol. The molecule has 2 rings (SSSR count). The van der Waals surface area contributed by atoms with Gasteiger partial charge in [-0.1, -0.05) is 36.0 Å². The highest BCUT2D eigenvalue weighted by atomic mass is 32.1. The van der Waals surface area contributed by atoms with Gasteiger partial charge < -0.3 is 5.32 Å². The molecule has 0 radical (unpaired) electrons. The van der Waals surface area contributed by atoms with E-state index in [9.17, 15) is 4.79 Å². The first-order valence-corrected chi connectivity index (χ1v) is 6.92. The number of amides is 1. The van der Waals surface area contributed by atoms with E-state index >= 15 is 0 Å². The largest absolute Gasteiger partial charge is 0.376 e. The number of aromatic nitrogens is 2. The standard InChI is InChI=1S/C13H16N4OS/c1-3-12-16-17-13(19-12)15-11(18)8-14-10-6-4-9(2)5-7-10/h4-7,14H,3,8H2,1-2H3,(H,15,17,18). The van der Waals surface area contributed by atoms with E-state index < -0.39 is 0 Å². The molecule has 2 N–H and O–H groups in total. The van der Waals surface area contributed by atoms with Crippen LogP contribution in [0.3, 0.4) is 0 Å². The first-order valence-electron chi connectivity index (χ1n) is 6.10. The number of hydrogen-bond donors (Lipinski definition) is 2. The van der Waals surface area contributed by atoms with Crippen LogP contribution in [0.25, 0.3) is 0 Å². The Morgan fingerprint density at radius 2 is 2.00 bits per heavy atom. The van der Waals surface area contributed by atoms with Crippen molar-refractivity contribution in [3.8, 4) is 0 Å².